The summed E-state index contributed by atoms with van der Waals surface area (Å²) in [6.45, 7) is 1.78. The zero-order valence-electron chi connectivity index (χ0n) is 28.1. The lowest BCUT2D eigenvalue weighted by molar-refractivity contribution is -0.143. The van der Waals surface area contributed by atoms with E-state index in [0.29, 0.717) is 10.8 Å². The summed E-state index contributed by atoms with van der Waals surface area (Å²) >= 11 is 4.06. The molecule has 0 radical (unpaired) electrons. The lowest BCUT2D eigenvalue weighted by atomic mass is 10.0. The maximum absolute atomic E-state index is 13.2. The first kappa shape index (κ1) is 41.7. The zero-order chi connectivity index (χ0) is 37.8. The minimum absolute atomic E-state index is 0.0620. The van der Waals surface area contributed by atoms with Gasteiger partial charge in [-0.25, -0.2) is 17.9 Å². The van der Waals surface area contributed by atoms with Gasteiger partial charge in [0.1, 0.15) is 24.2 Å². The van der Waals surface area contributed by atoms with E-state index in [4.69, 9.17) is 5.73 Å². The highest BCUT2D eigenvalue weighted by Crippen LogP contribution is 2.30. The van der Waals surface area contributed by atoms with Gasteiger partial charge in [-0.05, 0) is 30.9 Å². The van der Waals surface area contributed by atoms with E-state index in [1.165, 1.54) is 6.07 Å². The molecule has 0 spiro atoms. The predicted molar refractivity (Wildman–Crippen MR) is 188 cm³/mol. The number of fused-ring (bicyclic) bond motifs is 1. The first-order valence-corrected chi connectivity index (χ1v) is 17.6. The van der Waals surface area contributed by atoms with Gasteiger partial charge in [-0.3, -0.25) is 24.0 Å². The van der Waals surface area contributed by atoms with Crippen LogP contribution in [0.3, 0.4) is 0 Å². The molecule has 276 valence electrons. The van der Waals surface area contributed by atoms with Crippen LogP contribution in [0.1, 0.15) is 33.1 Å². The van der Waals surface area contributed by atoms with Crippen LogP contribution in [-0.2, 0) is 38.8 Å². The number of carboxylic acid groups (broad SMARTS) is 1. The average molecular weight is 740 g/mol. The van der Waals surface area contributed by atoms with Crippen molar-refractivity contribution in [2.24, 2.45) is 11.7 Å². The number of aliphatic hydroxyl groups is 1. The highest BCUT2D eigenvalue weighted by molar-refractivity contribution is 7.89. The van der Waals surface area contributed by atoms with Crippen molar-refractivity contribution in [3.63, 3.8) is 0 Å². The largest absolute Gasteiger partial charge is 0.480 e. The number of primary amides is 1. The molecule has 2 aromatic rings. The molecule has 0 fully saturated rings. The van der Waals surface area contributed by atoms with Gasteiger partial charge in [0.2, 0.25) is 39.6 Å². The molecule has 19 heteroatoms. The lowest BCUT2D eigenvalue weighted by Gasteiger charge is -2.25. The second-order valence-electron chi connectivity index (χ2n) is 12.0. The number of hydrogen-bond acceptors (Lipinski definition) is 11. The number of aliphatic hydroxyl groups excluding tert-OH is 1. The number of carbonyl (C=O) groups is 6. The van der Waals surface area contributed by atoms with E-state index < -0.39 is 82.8 Å². The summed E-state index contributed by atoms with van der Waals surface area (Å²) in [6.07, 6.45) is -0.592. The standard InChI is InChI=1S/C31H45N7O10S2/c1-17(2)13-21(31(45)46)36-28(42)20(11-12-26(32)40)35-29(43)22(15-39)37-30(44)23(16-49)34-27(41)14-33-50(47,48)25-10-6-7-18-19(25)8-5-9-24(18)38(3)4/h5-10,17,20-23,33,39,49H,11-16H2,1-4H3,(H2,32,40)(H,34,41)(H,35,43)(H,36,42)(H,37,44)(H,45,46)/t20-,21-,22-,23-/m0/s1. The van der Waals surface area contributed by atoms with Crippen LogP contribution in [0.25, 0.3) is 10.8 Å². The second-order valence-corrected chi connectivity index (χ2v) is 14.1. The van der Waals surface area contributed by atoms with Crippen molar-refractivity contribution in [3.8, 4) is 0 Å². The number of aliphatic carboxylic acids is 1. The lowest BCUT2D eigenvalue weighted by Crippen LogP contribution is -2.59. The molecule has 2 aromatic carbocycles. The highest BCUT2D eigenvalue weighted by atomic mass is 32.2. The molecule has 17 nitrogen and oxygen atoms in total. The van der Waals surface area contributed by atoms with Crippen molar-refractivity contribution in [3.05, 3.63) is 36.4 Å². The fourth-order valence-electron chi connectivity index (χ4n) is 4.83. The molecule has 0 unspecified atom stereocenters. The van der Waals surface area contributed by atoms with Crippen LogP contribution >= 0.6 is 12.6 Å². The predicted octanol–water partition coefficient (Wildman–Crippen LogP) is -1.56. The molecule has 0 saturated heterocycles. The molecule has 0 heterocycles. The van der Waals surface area contributed by atoms with Crippen molar-refractivity contribution in [2.75, 3.05) is 37.9 Å². The van der Waals surface area contributed by atoms with E-state index in [2.05, 4.69) is 38.6 Å². The number of nitrogens with one attached hydrogen (secondary N) is 5. The smallest absolute Gasteiger partial charge is 0.326 e. The average Bonchev–Trinajstić information content (AvgIpc) is 3.05. The molecule has 0 saturated carbocycles. The van der Waals surface area contributed by atoms with E-state index in [1.807, 2.05) is 25.1 Å². The Hall–Kier alpha value is -4.46. The third kappa shape index (κ3) is 12.1. The first-order chi connectivity index (χ1) is 23.4. The third-order valence-corrected chi connectivity index (χ3v) is 9.16. The van der Waals surface area contributed by atoms with Gasteiger partial charge in [0.15, 0.2) is 0 Å². The van der Waals surface area contributed by atoms with Crippen molar-refractivity contribution >= 4 is 74.6 Å². The van der Waals surface area contributed by atoms with Crippen LogP contribution in [0, 0.1) is 5.92 Å². The van der Waals surface area contributed by atoms with Gasteiger partial charge in [0.05, 0.1) is 18.0 Å². The molecule has 0 bridgehead atoms. The van der Waals surface area contributed by atoms with Crippen LogP contribution in [0.4, 0.5) is 5.69 Å². The summed E-state index contributed by atoms with van der Waals surface area (Å²) in [6, 6.07) is 4.11. The molecule has 0 aliphatic carbocycles. The Bertz CT molecular complexity index is 1670. The molecule has 0 aliphatic rings. The van der Waals surface area contributed by atoms with E-state index in [-0.39, 0.29) is 35.8 Å². The number of sulfonamides is 1. The van der Waals surface area contributed by atoms with E-state index >= 15 is 0 Å². The second kappa shape index (κ2) is 19.1. The molecular weight excluding hydrogens is 695 g/mol. The third-order valence-electron chi connectivity index (χ3n) is 7.34. The minimum atomic E-state index is -4.20. The van der Waals surface area contributed by atoms with Crippen molar-refractivity contribution in [1.82, 2.24) is 26.0 Å². The van der Waals surface area contributed by atoms with Gasteiger partial charge in [-0.1, -0.05) is 38.1 Å². The van der Waals surface area contributed by atoms with Crippen LogP contribution in [-0.4, -0.2) is 111 Å². The van der Waals surface area contributed by atoms with E-state index in [1.54, 1.807) is 38.1 Å². The molecule has 50 heavy (non-hydrogen) atoms. The topological polar surface area (TPSA) is 266 Å². The number of nitrogens with two attached hydrogens (primary N) is 1. The Morgan fingerprint density at radius 3 is 1.96 bits per heavy atom. The SMILES string of the molecule is CC(C)C[C@H](NC(=O)[C@H](CCC(N)=O)NC(=O)[C@H](CO)NC(=O)[C@H](CS)NC(=O)CNS(=O)(=O)c1cccc2c(N(C)C)cccc12)C(=O)O. The summed E-state index contributed by atoms with van der Waals surface area (Å²) in [5.74, 6) is -6.39. The van der Waals surface area contributed by atoms with Crippen LogP contribution in [0.15, 0.2) is 41.3 Å². The molecule has 9 N–H and O–H groups in total. The van der Waals surface area contributed by atoms with Crippen LogP contribution < -0.4 is 36.6 Å². The number of amides is 5. The number of benzene rings is 2. The monoisotopic (exact) mass is 739 g/mol. The number of rotatable bonds is 20. The summed E-state index contributed by atoms with van der Waals surface area (Å²) in [4.78, 5) is 76.4. The quantitative estimate of drug-likeness (QED) is 0.0702. The Morgan fingerprint density at radius 2 is 1.40 bits per heavy atom. The first-order valence-electron chi connectivity index (χ1n) is 15.5. The number of carbonyl (C=O) groups excluding carboxylic acids is 5. The summed E-state index contributed by atoms with van der Waals surface area (Å²) in [5.41, 5.74) is 5.97. The fraction of sp³-hybridized carbons (Fsp3) is 0.484. The fourth-order valence-corrected chi connectivity index (χ4v) is 6.28. The van der Waals surface area contributed by atoms with Crippen molar-refractivity contribution in [2.45, 2.75) is 62.2 Å². The normalized spacial score (nSPS) is 13.8. The highest BCUT2D eigenvalue weighted by Gasteiger charge is 2.31. The van der Waals surface area contributed by atoms with Gasteiger partial charge in [0.25, 0.3) is 0 Å². The number of thiol groups is 1. The summed E-state index contributed by atoms with van der Waals surface area (Å²) < 4.78 is 28.6. The summed E-state index contributed by atoms with van der Waals surface area (Å²) in [7, 11) is -0.564. The molecule has 0 aromatic heterocycles. The van der Waals surface area contributed by atoms with E-state index in [0.717, 1.165) is 5.69 Å². The van der Waals surface area contributed by atoms with Crippen molar-refractivity contribution < 1.29 is 47.4 Å². The molecule has 4 atom stereocenters. The minimum Gasteiger partial charge on any atom is -0.480 e. The Morgan fingerprint density at radius 1 is 0.840 bits per heavy atom. The number of carboxylic acids is 1. The van der Waals surface area contributed by atoms with Gasteiger partial charge in [0, 0.05) is 42.7 Å². The number of nitrogens with zero attached hydrogens (tertiary/aromatic N) is 1. The van der Waals surface area contributed by atoms with Gasteiger partial charge in [-0.2, -0.15) is 12.6 Å². The maximum atomic E-state index is 13.2. The Labute approximate surface area is 295 Å². The maximum Gasteiger partial charge on any atom is 0.326 e. The van der Waals surface area contributed by atoms with Crippen LogP contribution in [0.5, 0.6) is 0 Å². The molecule has 5 amide bonds. The van der Waals surface area contributed by atoms with E-state index in [9.17, 15) is 47.4 Å². The zero-order valence-corrected chi connectivity index (χ0v) is 29.8. The Balaban J connectivity index is 2.10. The van der Waals surface area contributed by atoms with Gasteiger partial charge >= 0.3 is 5.97 Å². The molecular formula is C31H45N7O10S2. The molecule has 2 rings (SSSR count). The van der Waals surface area contributed by atoms with Crippen LogP contribution in [0.2, 0.25) is 0 Å². The summed E-state index contributed by atoms with van der Waals surface area (Å²) in [5, 5.41) is 29.6. The Kier molecular flexibility index (Phi) is 15.9. The van der Waals surface area contributed by atoms with Gasteiger partial charge in [-0.15, -0.1) is 0 Å². The number of anilines is 1. The van der Waals surface area contributed by atoms with Crippen molar-refractivity contribution in [1.29, 1.82) is 0 Å². The molecule has 0 aliphatic heterocycles. The van der Waals surface area contributed by atoms with Gasteiger partial charge < -0.3 is 42.1 Å². The number of hydrogen-bond donors (Lipinski definition) is 9.